The summed E-state index contributed by atoms with van der Waals surface area (Å²) in [5, 5.41) is 14.1. The lowest BCUT2D eigenvalue weighted by atomic mass is 10.2. The maximum Gasteiger partial charge on any atom is 0.316 e. The zero-order chi connectivity index (χ0) is 19.4. The Bertz CT molecular complexity index is 1030. The number of anilines is 2. The Morgan fingerprint density at radius 2 is 1.96 bits per heavy atom. The van der Waals surface area contributed by atoms with E-state index in [0.29, 0.717) is 12.2 Å². The molecule has 0 aliphatic heterocycles. The minimum atomic E-state index is -0.521. The first kappa shape index (κ1) is 18.1. The molecule has 0 spiro atoms. The van der Waals surface area contributed by atoms with Crippen molar-refractivity contribution in [2.75, 3.05) is 12.4 Å². The van der Waals surface area contributed by atoms with Crippen LogP contribution >= 0.6 is 0 Å². The number of nitrogens with zero attached hydrogens (tertiary/aromatic N) is 3. The molecule has 27 heavy (non-hydrogen) atoms. The number of hydrogen-bond donors (Lipinski definition) is 1. The van der Waals surface area contributed by atoms with Gasteiger partial charge in [-0.2, -0.15) is 4.98 Å². The zero-order valence-electron chi connectivity index (χ0n) is 14.9. The Labute approximate surface area is 155 Å². The molecule has 3 aromatic rings. The van der Waals surface area contributed by atoms with Crippen molar-refractivity contribution in [3.05, 3.63) is 86.3 Å². The van der Waals surface area contributed by atoms with Gasteiger partial charge in [-0.25, -0.2) is 0 Å². The van der Waals surface area contributed by atoms with Gasteiger partial charge in [0.05, 0.1) is 30.5 Å². The van der Waals surface area contributed by atoms with Gasteiger partial charge in [-0.1, -0.05) is 36.4 Å². The SMILES string of the molecule is COc1cn(Cc2ccccc2)c(Nc2cc([N+](=O)[O-])ccc2C)nc1=O. The summed E-state index contributed by atoms with van der Waals surface area (Å²) in [6.07, 6.45) is 1.57. The molecule has 1 N–H and O–H groups in total. The molecular formula is C19H18N4O4. The number of rotatable bonds is 6. The molecule has 0 aliphatic rings. The van der Waals surface area contributed by atoms with E-state index in [1.54, 1.807) is 16.8 Å². The summed E-state index contributed by atoms with van der Waals surface area (Å²) in [5.41, 5.74) is 1.73. The average molecular weight is 366 g/mol. The monoisotopic (exact) mass is 366 g/mol. The number of non-ortho nitro benzene ring substituents is 1. The van der Waals surface area contributed by atoms with Gasteiger partial charge < -0.3 is 14.6 Å². The third kappa shape index (κ3) is 4.12. The molecule has 0 bridgehead atoms. The fraction of sp³-hybridized carbons (Fsp3) is 0.158. The van der Waals surface area contributed by atoms with Crippen LogP contribution in [0.1, 0.15) is 11.1 Å². The number of aryl methyl sites for hydroxylation is 1. The summed E-state index contributed by atoms with van der Waals surface area (Å²) in [5.74, 6) is 0.389. The van der Waals surface area contributed by atoms with Gasteiger partial charge >= 0.3 is 5.56 Å². The number of ether oxygens (including phenoxy) is 1. The maximum absolute atomic E-state index is 12.1. The predicted octanol–water partition coefficient (Wildman–Crippen LogP) is 3.26. The van der Waals surface area contributed by atoms with Crippen LogP contribution in [0.5, 0.6) is 5.75 Å². The lowest BCUT2D eigenvalue weighted by Gasteiger charge is -2.16. The summed E-state index contributed by atoms with van der Waals surface area (Å²) >= 11 is 0. The number of benzene rings is 2. The van der Waals surface area contributed by atoms with Gasteiger partial charge in [0.25, 0.3) is 5.69 Å². The topological polar surface area (TPSA) is 99.3 Å². The summed E-state index contributed by atoms with van der Waals surface area (Å²) in [6, 6.07) is 14.1. The van der Waals surface area contributed by atoms with Crippen molar-refractivity contribution in [1.29, 1.82) is 0 Å². The van der Waals surface area contributed by atoms with Crippen LogP contribution in [0, 0.1) is 17.0 Å². The summed E-state index contributed by atoms with van der Waals surface area (Å²) in [7, 11) is 1.41. The van der Waals surface area contributed by atoms with Crippen LogP contribution in [0.25, 0.3) is 0 Å². The molecule has 3 rings (SSSR count). The van der Waals surface area contributed by atoms with Crippen LogP contribution < -0.4 is 15.6 Å². The van der Waals surface area contributed by atoms with E-state index in [2.05, 4.69) is 10.3 Å². The van der Waals surface area contributed by atoms with Crippen molar-refractivity contribution in [1.82, 2.24) is 9.55 Å². The van der Waals surface area contributed by atoms with Crippen molar-refractivity contribution in [2.45, 2.75) is 13.5 Å². The molecule has 8 nitrogen and oxygen atoms in total. The van der Waals surface area contributed by atoms with E-state index >= 15 is 0 Å². The predicted molar refractivity (Wildman–Crippen MR) is 102 cm³/mol. The van der Waals surface area contributed by atoms with E-state index in [-0.39, 0.29) is 17.4 Å². The first-order chi connectivity index (χ1) is 13.0. The maximum atomic E-state index is 12.1. The Morgan fingerprint density at radius 1 is 1.22 bits per heavy atom. The van der Waals surface area contributed by atoms with Gasteiger partial charge in [0.1, 0.15) is 0 Å². The van der Waals surface area contributed by atoms with Crippen molar-refractivity contribution in [3.63, 3.8) is 0 Å². The standard InChI is InChI=1S/C19H18N4O4/c1-13-8-9-15(23(25)26)10-16(13)20-19-21-18(24)17(27-2)12-22(19)11-14-6-4-3-5-7-14/h3-10,12H,11H2,1-2H3,(H,20,21,24). The third-order valence-corrected chi connectivity index (χ3v) is 4.06. The number of hydrogen-bond acceptors (Lipinski definition) is 6. The van der Waals surface area contributed by atoms with Crippen LogP contribution in [-0.2, 0) is 6.54 Å². The van der Waals surface area contributed by atoms with E-state index in [4.69, 9.17) is 4.74 Å². The van der Waals surface area contributed by atoms with E-state index < -0.39 is 10.5 Å². The van der Waals surface area contributed by atoms with Gasteiger partial charge in [-0.05, 0) is 18.1 Å². The van der Waals surface area contributed by atoms with E-state index in [1.165, 1.54) is 19.2 Å². The largest absolute Gasteiger partial charge is 0.490 e. The number of nitro benzene ring substituents is 1. The molecule has 0 atom stereocenters. The second-order valence-electron chi connectivity index (χ2n) is 5.93. The lowest BCUT2D eigenvalue weighted by molar-refractivity contribution is -0.384. The molecule has 0 saturated carbocycles. The zero-order valence-corrected chi connectivity index (χ0v) is 14.9. The first-order valence-corrected chi connectivity index (χ1v) is 8.19. The molecule has 0 aliphatic carbocycles. The molecule has 0 unspecified atom stereocenters. The Hall–Kier alpha value is -3.68. The number of nitro groups is 1. The minimum Gasteiger partial charge on any atom is -0.490 e. The van der Waals surface area contributed by atoms with Gasteiger partial charge in [-0.3, -0.25) is 14.9 Å². The summed E-state index contributed by atoms with van der Waals surface area (Å²) in [4.78, 5) is 26.8. The molecule has 0 saturated heterocycles. The van der Waals surface area contributed by atoms with Crippen LogP contribution in [0.4, 0.5) is 17.3 Å². The van der Waals surface area contributed by atoms with Gasteiger partial charge in [0, 0.05) is 12.1 Å². The fourth-order valence-electron chi connectivity index (χ4n) is 2.59. The van der Waals surface area contributed by atoms with Crippen LogP contribution in [0.3, 0.4) is 0 Å². The molecule has 138 valence electrons. The number of aromatic nitrogens is 2. The van der Waals surface area contributed by atoms with E-state index in [1.807, 2.05) is 37.3 Å². The smallest absolute Gasteiger partial charge is 0.316 e. The fourth-order valence-corrected chi connectivity index (χ4v) is 2.59. The summed E-state index contributed by atoms with van der Waals surface area (Å²) < 4.78 is 6.82. The Morgan fingerprint density at radius 3 is 2.63 bits per heavy atom. The molecule has 1 heterocycles. The normalized spacial score (nSPS) is 10.4. The van der Waals surface area contributed by atoms with E-state index in [0.717, 1.165) is 11.1 Å². The number of nitrogens with one attached hydrogen (secondary N) is 1. The average Bonchev–Trinajstić information content (AvgIpc) is 2.66. The highest BCUT2D eigenvalue weighted by molar-refractivity contribution is 5.62. The lowest BCUT2D eigenvalue weighted by Crippen LogP contribution is -2.19. The second kappa shape index (κ2) is 7.69. The van der Waals surface area contributed by atoms with Gasteiger partial charge in [0.15, 0.2) is 0 Å². The van der Waals surface area contributed by atoms with Crippen molar-refractivity contribution < 1.29 is 9.66 Å². The molecule has 0 amide bonds. The van der Waals surface area contributed by atoms with Crippen LogP contribution in [-0.4, -0.2) is 21.6 Å². The highest BCUT2D eigenvalue weighted by Crippen LogP contribution is 2.25. The highest BCUT2D eigenvalue weighted by Gasteiger charge is 2.13. The first-order valence-electron chi connectivity index (χ1n) is 8.19. The third-order valence-electron chi connectivity index (χ3n) is 4.06. The van der Waals surface area contributed by atoms with Crippen molar-refractivity contribution >= 4 is 17.3 Å². The minimum absolute atomic E-state index is 0.0476. The second-order valence-corrected chi connectivity index (χ2v) is 5.93. The van der Waals surface area contributed by atoms with Gasteiger partial charge in [-0.15, -0.1) is 0 Å². The van der Waals surface area contributed by atoms with Crippen LogP contribution in [0.15, 0.2) is 59.5 Å². The summed E-state index contributed by atoms with van der Waals surface area (Å²) in [6.45, 7) is 2.26. The molecule has 2 aromatic carbocycles. The molecule has 0 fully saturated rings. The molecular weight excluding hydrogens is 348 g/mol. The number of methoxy groups -OCH3 is 1. The van der Waals surface area contributed by atoms with E-state index in [9.17, 15) is 14.9 Å². The van der Waals surface area contributed by atoms with Crippen molar-refractivity contribution in [2.24, 2.45) is 0 Å². The molecule has 8 heteroatoms. The van der Waals surface area contributed by atoms with Crippen molar-refractivity contribution in [3.8, 4) is 5.75 Å². The molecule has 1 aromatic heterocycles. The van der Waals surface area contributed by atoms with Crippen LogP contribution in [0.2, 0.25) is 0 Å². The quantitative estimate of drug-likeness (QED) is 0.531. The Balaban J connectivity index is 2.04. The Kier molecular flexibility index (Phi) is 5.16. The molecule has 0 radical (unpaired) electrons. The van der Waals surface area contributed by atoms with Gasteiger partial charge in [0.2, 0.25) is 11.7 Å². The highest BCUT2D eigenvalue weighted by atomic mass is 16.6.